The van der Waals surface area contributed by atoms with Crippen molar-refractivity contribution < 1.29 is 14.3 Å². The number of benzene rings is 3. The number of carbonyl (C=O) groups is 2. The molecule has 0 bridgehead atoms. The number of methoxy groups -OCH3 is 1. The number of aromatic nitrogens is 1. The molecule has 0 spiro atoms. The molecule has 1 N–H and O–H groups in total. The predicted molar refractivity (Wildman–Crippen MR) is 146 cm³/mol. The van der Waals surface area contributed by atoms with Crippen LogP contribution in [0.25, 0.3) is 10.8 Å². The van der Waals surface area contributed by atoms with Crippen LogP contribution in [0.1, 0.15) is 22.9 Å². The van der Waals surface area contributed by atoms with Crippen LogP contribution in [0.15, 0.2) is 85.1 Å². The summed E-state index contributed by atoms with van der Waals surface area (Å²) in [6, 6.07) is 25.6. The first-order valence-electron chi connectivity index (χ1n) is 12.6. The van der Waals surface area contributed by atoms with Crippen LogP contribution in [0.2, 0.25) is 0 Å². The zero-order valence-corrected chi connectivity index (χ0v) is 21.3. The monoisotopic (exact) mass is 496 g/mol. The quantitative estimate of drug-likeness (QED) is 0.389. The van der Waals surface area contributed by atoms with E-state index in [1.54, 1.807) is 7.11 Å². The molecular formula is C30H32N4O3. The van der Waals surface area contributed by atoms with Crippen molar-refractivity contribution in [3.05, 3.63) is 102 Å². The maximum atomic E-state index is 13.8. The van der Waals surface area contributed by atoms with E-state index in [0.717, 1.165) is 28.6 Å². The number of hydrogen-bond donors (Lipinski definition) is 1. The highest BCUT2D eigenvalue weighted by Crippen LogP contribution is 2.33. The minimum atomic E-state index is -0.325. The SMILES string of the molecule is COCCN(CC(=O)N1CCn2cccc2C1c1ccc(C)cc1)C(=O)Nc1cccc2ccccc12. The lowest BCUT2D eigenvalue weighted by Crippen LogP contribution is -2.49. The Kier molecular flexibility index (Phi) is 7.23. The second-order valence-electron chi connectivity index (χ2n) is 9.40. The number of nitrogens with one attached hydrogen (secondary N) is 1. The molecule has 37 heavy (non-hydrogen) atoms. The average Bonchev–Trinajstić information content (AvgIpc) is 3.40. The fourth-order valence-corrected chi connectivity index (χ4v) is 4.99. The third-order valence-corrected chi connectivity index (χ3v) is 6.96. The van der Waals surface area contributed by atoms with Crippen LogP contribution in [0, 0.1) is 6.92 Å². The number of nitrogens with zero attached hydrogens (tertiary/aromatic N) is 3. The Labute approximate surface area is 217 Å². The van der Waals surface area contributed by atoms with Crippen molar-refractivity contribution in [2.45, 2.75) is 19.5 Å². The van der Waals surface area contributed by atoms with Crippen LogP contribution in [-0.2, 0) is 16.1 Å². The number of urea groups is 1. The Morgan fingerprint density at radius 2 is 1.76 bits per heavy atom. The predicted octanol–water partition coefficient (Wildman–Crippen LogP) is 5.06. The Balaban J connectivity index is 1.39. The van der Waals surface area contributed by atoms with E-state index < -0.39 is 0 Å². The molecule has 5 rings (SSSR count). The number of anilines is 1. The lowest BCUT2D eigenvalue weighted by atomic mass is 9.98. The summed E-state index contributed by atoms with van der Waals surface area (Å²) in [4.78, 5) is 30.6. The summed E-state index contributed by atoms with van der Waals surface area (Å²) in [5, 5.41) is 5.01. The van der Waals surface area contributed by atoms with Gasteiger partial charge in [0, 0.05) is 44.0 Å². The average molecular weight is 497 g/mol. The minimum Gasteiger partial charge on any atom is -0.383 e. The fourth-order valence-electron chi connectivity index (χ4n) is 4.99. The summed E-state index contributed by atoms with van der Waals surface area (Å²) in [5.41, 5.74) is 4.02. The Bertz CT molecular complexity index is 1390. The van der Waals surface area contributed by atoms with Crippen molar-refractivity contribution in [1.29, 1.82) is 0 Å². The fraction of sp³-hybridized carbons (Fsp3) is 0.267. The van der Waals surface area contributed by atoms with Crippen molar-refractivity contribution in [3.63, 3.8) is 0 Å². The van der Waals surface area contributed by atoms with Crippen LogP contribution in [0.4, 0.5) is 10.5 Å². The first-order valence-corrected chi connectivity index (χ1v) is 12.6. The summed E-state index contributed by atoms with van der Waals surface area (Å²) < 4.78 is 7.46. The number of fused-ring (bicyclic) bond motifs is 2. The number of rotatable bonds is 7. The van der Waals surface area contributed by atoms with Gasteiger partial charge in [-0.15, -0.1) is 0 Å². The van der Waals surface area contributed by atoms with Crippen molar-refractivity contribution >= 4 is 28.4 Å². The van der Waals surface area contributed by atoms with Crippen molar-refractivity contribution in [3.8, 4) is 0 Å². The van der Waals surface area contributed by atoms with Gasteiger partial charge in [0.1, 0.15) is 6.54 Å². The number of ether oxygens (including phenoxy) is 1. The van der Waals surface area contributed by atoms with Crippen LogP contribution in [-0.4, -0.2) is 59.7 Å². The molecule has 1 aliphatic heterocycles. The molecule has 3 amide bonds. The molecule has 0 aliphatic carbocycles. The van der Waals surface area contributed by atoms with E-state index in [4.69, 9.17) is 4.74 Å². The van der Waals surface area contributed by atoms with Crippen LogP contribution < -0.4 is 5.32 Å². The van der Waals surface area contributed by atoms with E-state index in [1.165, 1.54) is 10.5 Å². The summed E-state index contributed by atoms with van der Waals surface area (Å²) in [7, 11) is 1.59. The van der Waals surface area contributed by atoms with E-state index in [0.29, 0.717) is 25.4 Å². The molecule has 1 aliphatic rings. The van der Waals surface area contributed by atoms with Gasteiger partial charge in [-0.25, -0.2) is 4.79 Å². The molecule has 0 saturated carbocycles. The highest BCUT2D eigenvalue weighted by molar-refractivity contribution is 6.02. The second-order valence-corrected chi connectivity index (χ2v) is 9.40. The molecule has 1 aromatic heterocycles. The molecule has 0 fully saturated rings. The molecular weight excluding hydrogens is 464 g/mol. The molecule has 4 aromatic rings. The van der Waals surface area contributed by atoms with Crippen LogP contribution in [0.3, 0.4) is 0 Å². The second kappa shape index (κ2) is 10.9. The number of carbonyl (C=O) groups excluding carboxylic acids is 2. The molecule has 190 valence electrons. The highest BCUT2D eigenvalue weighted by atomic mass is 16.5. The molecule has 0 saturated heterocycles. The summed E-state index contributed by atoms with van der Waals surface area (Å²) in [6.45, 7) is 3.94. The van der Waals surface area contributed by atoms with E-state index >= 15 is 0 Å². The lowest BCUT2D eigenvalue weighted by molar-refractivity contribution is -0.134. The molecule has 2 heterocycles. The first-order chi connectivity index (χ1) is 18.0. The summed E-state index contributed by atoms with van der Waals surface area (Å²) in [6.07, 6.45) is 2.06. The molecule has 1 atom stereocenters. The Morgan fingerprint density at radius 3 is 2.57 bits per heavy atom. The van der Waals surface area contributed by atoms with E-state index in [2.05, 4.69) is 53.3 Å². The Hall–Kier alpha value is -4.10. The van der Waals surface area contributed by atoms with Gasteiger partial charge in [-0.05, 0) is 36.1 Å². The van der Waals surface area contributed by atoms with Gasteiger partial charge in [-0.3, -0.25) is 4.79 Å². The van der Waals surface area contributed by atoms with Crippen molar-refractivity contribution in [1.82, 2.24) is 14.4 Å². The summed E-state index contributed by atoms with van der Waals surface area (Å²) in [5.74, 6) is -0.0952. The maximum Gasteiger partial charge on any atom is 0.322 e. The first kappa shape index (κ1) is 24.6. The van der Waals surface area contributed by atoms with Crippen molar-refractivity contribution in [2.24, 2.45) is 0 Å². The van der Waals surface area contributed by atoms with Gasteiger partial charge in [0.05, 0.1) is 18.3 Å². The van der Waals surface area contributed by atoms with Gasteiger partial charge in [0.2, 0.25) is 5.91 Å². The molecule has 0 radical (unpaired) electrons. The number of aryl methyl sites for hydroxylation is 1. The van der Waals surface area contributed by atoms with E-state index in [9.17, 15) is 9.59 Å². The minimum absolute atomic E-state index is 0.0387. The Morgan fingerprint density at radius 1 is 0.973 bits per heavy atom. The van der Waals surface area contributed by atoms with Crippen LogP contribution >= 0.6 is 0 Å². The molecule has 3 aromatic carbocycles. The molecule has 7 nitrogen and oxygen atoms in total. The largest absolute Gasteiger partial charge is 0.383 e. The van der Waals surface area contributed by atoms with E-state index in [-0.39, 0.29) is 24.5 Å². The smallest absolute Gasteiger partial charge is 0.322 e. The normalized spacial score (nSPS) is 14.9. The zero-order chi connectivity index (χ0) is 25.8. The van der Waals surface area contributed by atoms with Crippen LogP contribution in [0.5, 0.6) is 0 Å². The van der Waals surface area contributed by atoms with Gasteiger partial charge in [0.15, 0.2) is 0 Å². The van der Waals surface area contributed by atoms with Gasteiger partial charge in [-0.1, -0.05) is 66.2 Å². The third-order valence-electron chi connectivity index (χ3n) is 6.96. The maximum absolute atomic E-state index is 13.8. The van der Waals surface area contributed by atoms with Crippen molar-refractivity contribution in [2.75, 3.05) is 38.7 Å². The molecule has 1 unspecified atom stereocenters. The lowest BCUT2D eigenvalue weighted by Gasteiger charge is -2.38. The number of hydrogen-bond acceptors (Lipinski definition) is 3. The zero-order valence-electron chi connectivity index (χ0n) is 21.3. The van der Waals surface area contributed by atoms with Gasteiger partial charge in [0.25, 0.3) is 0 Å². The molecule has 7 heteroatoms. The van der Waals surface area contributed by atoms with Gasteiger partial charge in [-0.2, -0.15) is 0 Å². The number of amides is 3. The standard InChI is InChI=1S/C30H32N4O3/c1-22-12-14-24(15-13-22)29-27-11-6-16-32(27)17-18-34(29)28(35)21-33(19-20-37-2)30(36)31-26-10-5-8-23-7-3-4-9-25(23)26/h3-16,29H,17-21H2,1-2H3,(H,31,36). The summed E-state index contributed by atoms with van der Waals surface area (Å²) >= 11 is 0. The van der Waals surface area contributed by atoms with Gasteiger partial charge < -0.3 is 24.4 Å². The third kappa shape index (κ3) is 5.22. The van der Waals surface area contributed by atoms with Gasteiger partial charge >= 0.3 is 6.03 Å². The topological polar surface area (TPSA) is 66.8 Å². The van der Waals surface area contributed by atoms with E-state index in [1.807, 2.05) is 53.4 Å². The highest BCUT2D eigenvalue weighted by Gasteiger charge is 2.33.